The Balaban J connectivity index is 3.18. The number of sulfonamides is 1. The van der Waals surface area contributed by atoms with Gasteiger partial charge in [-0.1, -0.05) is 6.92 Å². The second-order valence-electron chi connectivity index (χ2n) is 3.29. The number of anilines is 1. The standard InChI is InChI=1S/C8H12FN3O4S2/c1-2-11-18(15,16)12-8-5-6(17(10,13)14)3-4-7(8)9/h3-5,11-12H,2H2,1H3,(H2,10,13,14). The van der Waals surface area contributed by atoms with E-state index in [0.717, 1.165) is 18.2 Å². The van der Waals surface area contributed by atoms with E-state index in [1.54, 1.807) is 0 Å². The van der Waals surface area contributed by atoms with Crippen LogP contribution in [0.15, 0.2) is 23.1 Å². The third-order valence-electron chi connectivity index (χ3n) is 1.85. The lowest BCUT2D eigenvalue weighted by Crippen LogP contribution is -2.30. The van der Waals surface area contributed by atoms with Crippen LogP contribution in [0.5, 0.6) is 0 Å². The molecule has 102 valence electrons. The maximum atomic E-state index is 13.3. The number of primary sulfonamides is 1. The van der Waals surface area contributed by atoms with Gasteiger partial charge in [-0.15, -0.1) is 0 Å². The predicted octanol–water partition coefficient (Wildman–Crippen LogP) is -0.261. The maximum Gasteiger partial charge on any atom is 0.299 e. The summed E-state index contributed by atoms with van der Waals surface area (Å²) in [6.07, 6.45) is 0. The van der Waals surface area contributed by atoms with Gasteiger partial charge in [-0.25, -0.2) is 17.9 Å². The van der Waals surface area contributed by atoms with Crippen molar-refractivity contribution in [2.75, 3.05) is 11.3 Å². The van der Waals surface area contributed by atoms with Gasteiger partial charge in [0, 0.05) is 6.54 Å². The number of rotatable bonds is 5. The second kappa shape index (κ2) is 5.18. The van der Waals surface area contributed by atoms with Gasteiger partial charge >= 0.3 is 0 Å². The summed E-state index contributed by atoms with van der Waals surface area (Å²) in [5.41, 5.74) is -0.498. The van der Waals surface area contributed by atoms with Gasteiger partial charge in [0.1, 0.15) is 5.82 Å². The molecule has 18 heavy (non-hydrogen) atoms. The lowest BCUT2D eigenvalue weighted by atomic mass is 10.3. The Bertz CT molecular complexity index is 642. The first-order chi connectivity index (χ1) is 8.15. The number of nitrogens with one attached hydrogen (secondary N) is 2. The fourth-order valence-corrected chi connectivity index (χ4v) is 2.57. The minimum Gasteiger partial charge on any atom is -0.268 e. The molecule has 0 bridgehead atoms. The molecular weight excluding hydrogens is 285 g/mol. The van der Waals surface area contributed by atoms with Gasteiger partial charge in [0.25, 0.3) is 10.2 Å². The van der Waals surface area contributed by atoms with E-state index in [4.69, 9.17) is 5.14 Å². The molecule has 0 aliphatic rings. The molecule has 0 radical (unpaired) electrons. The van der Waals surface area contributed by atoms with E-state index >= 15 is 0 Å². The summed E-state index contributed by atoms with van der Waals surface area (Å²) in [5, 5.41) is 4.86. The molecule has 0 spiro atoms. The summed E-state index contributed by atoms with van der Waals surface area (Å²) in [6, 6.07) is 2.55. The first kappa shape index (κ1) is 14.8. The molecule has 0 saturated heterocycles. The zero-order valence-electron chi connectivity index (χ0n) is 9.34. The van der Waals surface area contributed by atoms with Crippen molar-refractivity contribution in [2.45, 2.75) is 11.8 Å². The predicted molar refractivity (Wildman–Crippen MR) is 64.0 cm³/mol. The van der Waals surface area contributed by atoms with E-state index in [1.807, 2.05) is 4.72 Å². The van der Waals surface area contributed by atoms with E-state index in [1.165, 1.54) is 6.92 Å². The van der Waals surface area contributed by atoms with Crippen molar-refractivity contribution < 1.29 is 21.2 Å². The van der Waals surface area contributed by atoms with Crippen molar-refractivity contribution in [2.24, 2.45) is 5.14 Å². The van der Waals surface area contributed by atoms with Crippen molar-refractivity contribution in [3.63, 3.8) is 0 Å². The third kappa shape index (κ3) is 3.91. The van der Waals surface area contributed by atoms with Gasteiger partial charge < -0.3 is 0 Å². The zero-order chi connectivity index (χ0) is 14.0. The van der Waals surface area contributed by atoms with Gasteiger partial charge in [-0.3, -0.25) is 4.72 Å². The quantitative estimate of drug-likeness (QED) is 0.693. The summed E-state index contributed by atoms with van der Waals surface area (Å²) in [4.78, 5) is -0.391. The number of halogens is 1. The minimum atomic E-state index is -4.03. The topological polar surface area (TPSA) is 118 Å². The Morgan fingerprint density at radius 2 is 1.89 bits per heavy atom. The van der Waals surface area contributed by atoms with Crippen molar-refractivity contribution in [3.8, 4) is 0 Å². The van der Waals surface area contributed by atoms with E-state index in [0.29, 0.717) is 0 Å². The van der Waals surface area contributed by atoms with E-state index in [9.17, 15) is 21.2 Å². The molecule has 1 aromatic rings. The Morgan fingerprint density at radius 3 is 2.39 bits per heavy atom. The average Bonchev–Trinajstić information content (AvgIpc) is 2.19. The van der Waals surface area contributed by atoms with E-state index in [-0.39, 0.29) is 6.54 Å². The number of nitrogens with two attached hydrogens (primary N) is 1. The highest BCUT2D eigenvalue weighted by Crippen LogP contribution is 2.19. The second-order valence-corrected chi connectivity index (χ2v) is 6.35. The fraction of sp³-hybridized carbons (Fsp3) is 0.250. The molecule has 7 nitrogen and oxygen atoms in total. The monoisotopic (exact) mass is 297 g/mol. The molecule has 0 heterocycles. The number of hydrogen-bond acceptors (Lipinski definition) is 4. The van der Waals surface area contributed by atoms with Gasteiger partial charge in [0.15, 0.2) is 0 Å². The fourth-order valence-electron chi connectivity index (χ4n) is 1.13. The molecular formula is C8H12FN3O4S2. The zero-order valence-corrected chi connectivity index (χ0v) is 11.0. The smallest absolute Gasteiger partial charge is 0.268 e. The molecule has 4 N–H and O–H groups in total. The van der Waals surface area contributed by atoms with Crippen LogP contribution in [0.2, 0.25) is 0 Å². The molecule has 1 rings (SSSR count). The maximum absolute atomic E-state index is 13.3. The van der Waals surface area contributed by atoms with Gasteiger partial charge in [-0.05, 0) is 18.2 Å². The summed E-state index contributed by atoms with van der Waals surface area (Å²) >= 11 is 0. The summed E-state index contributed by atoms with van der Waals surface area (Å²) in [7, 11) is -7.98. The Labute approximate surface area is 104 Å². The average molecular weight is 297 g/mol. The van der Waals surface area contributed by atoms with Crippen LogP contribution in [0.3, 0.4) is 0 Å². The van der Waals surface area contributed by atoms with Crippen molar-refractivity contribution >= 4 is 25.9 Å². The Kier molecular flexibility index (Phi) is 4.27. The Morgan fingerprint density at radius 1 is 1.28 bits per heavy atom. The first-order valence-electron chi connectivity index (χ1n) is 4.75. The molecule has 0 fully saturated rings. The van der Waals surface area contributed by atoms with E-state index in [2.05, 4.69) is 4.72 Å². The highest BCUT2D eigenvalue weighted by atomic mass is 32.2. The molecule has 0 atom stereocenters. The highest BCUT2D eigenvalue weighted by molar-refractivity contribution is 7.90. The van der Waals surface area contributed by atoms with E-state index < -0.39 is 36.6 Å². The molecule has 0 saturated carbocycles. The molecule has 10 heteroatoms. The molecule has 0 aliphatic heterocycles. The van der Waals surface area contributed by atoms with Crippen LogP contribution in [0.4, 0.5) is 10.1 Å². The summed E-state index contributed by atoms with van der Waals surface area (Å²) in [6.45, 7) is 1.64. The molecule has 0 aromatic heterocycles. The highest BCUT2D eigenvalue weighted by Gasteiger charge is 2.15. The number of hydrogen-bond donors (Lipinski definition) is 3. The van der Waals surface area contributed by atoms with Crippen molar-refractivity contribution in [1.29, 1.82) is 0 Å². The van der Waals surface area contributed by atoms with Crippen molar-refractivity contribution in [1.82, 2.24) is 4.72 Å². The van der Waals surface area contributed by atoms with Crippen LogP contribution >= 0.6 is 0 Å². The number of benzene rings is 1. The van der Waals surface area contributed by atoms with Gasteiger partial charge in [0.2, 0.25) is 10.0 Å². The van der Waals surface area contributed by atoms with Crippen LogP contribution in [0.25, 0.3) is 0 Å². The lowest BCUT2D eigenvalue weighted by Gasteiger charge is -2.09. The molecule has 1 aromatic carbocycles. The lowest BCUT2D eigenvalue weighted by molar-refractivity contribution is 0.586. The van der Waals surface area contributed by atoms with Crippen LogP contribution in [-0.4, -0.2) is 23.4 Å². The minimum absolute atomic E-state index is 0.103. The van der Waals surface area contributed by atoms with Crippen LogP contribution in [-0.2, 0) is 20.2 Å². The molecule has 0 amide bonds. The summed E-state index contributed by atoms with van der Waals surface area (Å²) < 4.78 is 62.1. The largest absolute Gasteiger partial charge is 0.299 e. The van der Waals surface area contributed by atoms with Gasteiger partial charge in [-0.2, -0.15) is 13.1 Å². The van der Waals surface area contributed by atoms with Crippen LogP contribution in [0, 0.1) is 5.82 Å². The summed E-state index contributed by atoms with van der Waals surface area (Å²) in [5.74, 6) is -0.913. The van der Waals surface area contributed by atoms with Crippen LogP contribution in [0.1, 0.15) is 6.92 Å². The van der Waals surface area contributed by atoms with Crippen LogP contribution < -0.4 is 14.6 Å². The van der Waals surface area contributed by atoms with Gasteiger partial charge in [0.05, 0.1) is 10.6 Å². The molecule has 0 unspecified atom stereocenters. The third-order valence-corrected chi connectivity index (χ3v) is 3.91. The normalized spacial score (nSPS) is 12.4. The first-order valence-corrected chi connectivity index (χ1v) is 7.78. The Hall–Kier alpha value is -1.23. The molecule has 0 aliphatic carbocycles. The van der Waals surface area contributed by atoms with Crippen molar-refractivity contribution in [3.05, 3.63) is 24.0 Å². The SMILES string of the molecule is CCNS(=O)(=O)Nc1cc(S(N)(=O)=O)ccc1F.